The lowest BCUT2D eigenvalue weighted by molar-refractivity contribution is -0.146. The number of amides is 1. The highest BCUT2D eigenvalue weighted by molar-refractivity contribution is 6.71. The summed E-state index contributed by atoms with van der Waals surface area (Å²) in [4.78, 5) is 39.8. The molecule has 8 nitrogen and oxygen atoms in total. The second kappa shape index (κ2) is 10.2. The summed E-state index contributed by atoms with van der Waals surface area (Å²) < 4.78 is 13.2. The van der Waals surface area contributed by atoms with Gasteiger partial charge in [0.25, 0.3) is 11.5 Å². The maximum absolute atomic E-state index is 14.3. The summed E-state index contributed by atoms with van der Waals surface area (Å²) >= 11 is 6.42. The van der Waals surface area contributed by atoms with Gasteiger partial charge in [0, 0.05) is 40.5 Å². The molecule has 1 amide bonds. The van der Waals surface area contributed by atoms with E-state index >= 15 is 0 Å². The number of carbonyl (C=O) groups excluding carboxylic acids is 1. The van der Waals surface area contributed by atoms with E-state index in [9.17, 15) is 19.5 Å². The van der Waals surface area contributed by atoms with Crippen LogP contribution in [0.2, 0.25) is 23.7 Å². The third kappa shape index (κ3) is 4.52. The molecule has 10 heteroatoms. The lowest BCUT2D eigenvalue weighted by Crippen LogP contribution is -2.46. The first kappa shape index (κ1) is 27.6. The molecule has 2 N–H and O–H groups in total. The first-order chi connectivity index (χ1) is 18.5. The molecule has 2 aromatic carbocycles. The minimum atomic E-state index is -2.77. The molecule has 3 heterocycles. The number of carbonyl (C=O) groups is 1. The Morgan fingerprint density at radius 1 is 1.13 bits per heavy atom. The summed E-state index contributed by atoms with van der Waals surface area (Å²) in [6.07, 6.45) is 1.56. The standard InChI is InChI=1S/C29H33ClN2O6Si/c1-18-26(39(3,4)36)24(13-15-33)38-29(18)22-16-20(30)9-12-23(22)32(28(29)35)17-19-7-10-21(11-8-19)31-14-5-6-25(37-2)27(31)34/h5-12,14,16,18,24,26,33,36H,13,15,17H2,1-4H3/t18-,24+,26-,29+/m0/s1. The topological polar surface area (TPSA) is 101 Å². The van der Waals surface area contributed by atoms with Crippen LogP contribution in [0.15, 0.2) is 65.6 Å². The molecule has 0 aliphatic carbocycles. The highest BCUT2D eigenvalue weighted by atomic mass is 35.5. The molecule has 1 fully saturated rings. The van der Waals surface area contributed by atoms with E-state index < -0.39 is 20.0 Å². The zero-order chi connectivity index (χ0) is 28.1. The predicted molar refractivity (Wildman–Crippen MR) is 152 cm³/mol. The highest BCUT2D eigenvalue weighted by Gasteiger charge is 2.66. The lowest BCUT2D eigenvalue weighted by atomic mass is 9.82. The maximum Gasteiger partial charge on any atom is 0.297 e. The van der Waals surface area contributed by atoms with Crippen LogP contribution in [-0.4, -0.2) is 48.5 Å². The number of benzene rings is 2. The molecule has 1 aromatic heterocycles. The Morgan fingerprint density at radius 3 is 2.49 bits per heavy atom. The van der Waals surface area contributed by atoms with E-state index in [0.29, 0.717) is 28.4 Å². The minimum Gasteiger partial charge on any atom is -0.491 e. The summed E-state index contributed by atoms with van der Waals surface area (Å²) in [6, 6.07) is 16.2. The van der Waals surface area contributed by atoms with Gasteiger partial charge in [-0.05, 0) is 67.5 Å². The molecule has 2 aliphatic rings. The van der Waals surface area contributed by atoms with Gasteiger partial charge in [-0.1, -0.05) is 30.7 Å². The van der Waals surface area contributed by atoms with Crippen LogP contribution in [-0.2, 0) is 21.7 Å². The SMILES string of the molecule is COc1cccn(-c2ccc(CN3C(=O)[C@]4(O[C@H](CCO)[C@@H]([Si](C)(C)O)[C@@H]4C)c4cc(Cl)ccc43)cc2)c1=O. The van der Waals surface area contributed by atoms with Gasteiger partial charge in [-0.3, -0.25) is 14.2 Å². The van der Waals surface area contributed by atoms with E-state index in [2.05, 4.69) is 0 Å². The van der Waals surface area contributed by atoms with E-state index in [0.717, 1.165) is 5.56 Å². The zero-order valence-electron chi connectivity index (χ0n) is 22.4. The van der Waals surface area contributed by atoms with Crippen LogP contribution < -0.4 is 15.2 Å². The van der Waals surface area contributed by atoms with E-state index in [1.165, 1.54) is 11.7 Å². The number of halogens is 1. The third-order valence-electron chi connectivity index (χ3n) is 8.05. The normalized spacial score (nSPS) is 24.4. The zero-order valence-corrected chi connectivity index (χ0v) is 24.2. The van der Waals surface area contributed by atoms with Gasteiger partial charge in [-0.15, -0.1) is 0 Å². The average molecular weight is 569 g/mol. The number of ether oxygens (including phenoxy) is 2. The number of hydrogen-bond donors (Lipinski definition) is 2. The van der Waals surface area contributed by atoms with Crippen molar-refractivity contribution in [3.05, 3.63) is 87.3 Å². The number of rotatable bonds is 7. The van der Waals surface area contributed by atoms with Crippen molar-refractivity contribution in [2.75, 3.05) is 18.6 Å². The number of aromatic nitrogens is 1. The molecule has 1 spiro atoms. The molecule has 4 atom stereocenters. The number of anilines is 1. The molecule has 0 bridgehead atoms. The second-order valence-electron chi connectivity index (χ2n) is 10.8. The maximum atomic E-state index is 14.3. The van der Waals surface area contributed by atoms with Crippen molar-refractivity contribution in [1.82, 2.24) is 4.57 Å². The first-order valence-electron chi connectivity index (χ1n) is 13.0. The van der Waals surface area contributed by atoms with Gasteiger partial charge < -0.3 is 24.3 Å². The molecule has 5 rings (SSSR count). The van der Waals surface area contributed by atoms with Crippen LogP contribution in [0.1, 0.15) is 24.5 Å². The number of aliphatic hydroxyl groups excluding tert-OH is 1. The number of nitrogens with zero attached hydrogens (tertiary/aromatic N) is 2. The molecular weight excluding hydrogens is 536 g/mol. The van der Waals surface area contributed by atoms with Gasteiger partial charge in [0.05, 0.1) is 25.4 Å². The quantitative estimate of drug-likeness (QED) is 0.414. The monoisotopic (exact) mass is 568 g/mol. The van der Waals surface area contributed by atoms with Gasteiger partial charge in [0.15, 0.2) is 19.7 Å². The van der Waals surface area contributed by atoms with Crippen LogP contribution in [0, 0.1) is 5.92 Å². The number of fused-ring (bicyclic) bond motifs is 2. The average Bonchev–Trinajstić information content (AvgIpc) is 3.31. The molecule has 0 radical (unpaired) electrons. The van der Waals surface area contributed by atoms with E-state index in [4.69, 9.17) is 21.1 Å². The molecule has 0 unspecified atom stereocenters. The molecule has 3 aromatic rings. The Bertz CT molecular complexity index is 1450. The summed E-state index contributed by atoms with van der Waals surface area (Å²) in [5.74, 6) is -0.274. The first-order valence-corrected chi connectivity index (χ1v) is 16.4. The molecular formula is C29H33ClN2O6Si. The summed E-state index contributed by atoms with van der Waals surface area (Å²) in [5, 5.41) is 10.2. The molecule has 1 saturated heterocycles. The van der Waals surface area contributed by atoms with Crippen LogP contribution in [0.3, 0.4) is 0 Å². The fraction of sp³-hybridized carbons (Fsp3) is 0.379. The van der Waals surface area contributed by atoms with Crippen molar-refractivity contribution in [2.24, 2.45) is 5.92 Å². The fourth-order valence-corrected chi connectivity index (χ4v) is 9.16. The summed E-state index contributed by atoms with van der Waals surface area (Å²) in [6.45, 7) is 5.85. The van der Waals surface area contributed by atoms with Gasteiger partial charge in [-0.2, -0.15) is 0 Å². The Hall–Kier alpha value is -2.95. The number of pyridine rings is 1. The molecule has 39 heavy (non-hydrogen) atoms. The van der Waals surface area contributed by atoms with Crippen molar-refractivity contribution < 1.29 is 24.2 Å². The summed E-state index contributed by atoms with van der Waals surface area (Å²) in [5.41, 5.74) is 1.14. The fourth-order valence-electron chi connectivity index (χ4n) is 6.38. The van der Waals surface area contributed by atoms with E-state index in [1.807, 2.05) is 50.3 Å². The van der Waals surface area contributed by atoms with Gasteiger partial charge in [0.2, 0.25) is 0 Å². The van der Waals surface area contributed by atoms with Crippen molar-refractivity contribution in [3.8, 4) is 11.4 Å². The Morgan fingerprint density at radius 2 is 1.85 bits per heavy atom. The van der Waals surface area contributed by atoms with Crippen LogP contribution in [0.4, 0.5) is 5.69 Å². The van der Waals surface area contributed by atoms with E-state index in [-0.39, 0.29) is 41.8 Å². The Kier molecular flexibility index (Phi) is 7.24. The van der Waals surface area contributed by atoms with Gasteiger partial charge in [-0.25, -0.2) is 0 Å². The van der Waals surface area contributed by atoms with Gasteiger partial charge >= 0.3 is 0 Å². The molecule has 2 aliphatic heterocycles. The number of methoxy groups -OCH3 is 1. The van der Waals surface area contributed by atoms with Crippen molar-refractivity contribution in [1.29, 1.82) is 0 Å². The summed E-state index contributed by atoms with van der Waals surface area (Å²) in [7, 11) is -1.31. The van der Waals surface area contributed by atoms with Crippen LogP contribution in [0.5, 0.6) is 5.75 Å². The Balaban J connectivity index is 1.51. The van der Waals surface area contributed by atoms with E-state index in [1.54, 1.807) is 35.4 Å². The highest BCUT2D eigenvalue weighted by Crippen LogP contribution is 2.60. The van der Waals surface area contributed by atoms with Crippen molar-refractivity contribution >= 4 is 31.5 Å². The number of aliphatic hydroxyl groups is 1. The minimum absolute atomic E-state index is 0.0997. The molecule has 206 valence electrons. The second-order valence-corrected chi connectivity index (χ2v) is 15.3. The predicted octanol–water partition coefficient (Wildman–Crippen LogP) is 4.23. The number of hydrogen-bond acceptors (Lipinski definition) is 6. The van der Waals surface area contributed by atoms with Crippen molar-refractivity contribution in [3.63, 3.8) is 0 Å². The Labute approximate surface area is 233 Å². The largest absolute Gasteiger partial charge is 0.491 e. The van der Waals surface area contributed by atoms with Crippen molar-refractivity contribution in [2.45, 2.75) is 50.2 Å². The molecule has 0 saturated carbocycles. The van der Waals surface area contributed by atoms with Gasteiger partial charge in [0.1, 0.15) is 0 Å². The van der Waals surface area contributed by atoms with Crippen LogP contribution in [0.25, 0.3) is 5.69 Å². The van der Waals surface area contributed by atoms with Crippen LogP contribution >= 0.6 is 11.6 Å². The lowest BCUT2D eigenvalue weighted by Gasteiger charge is -2.32. The third-order valence-corrected chi connectivity index (χ3v) is 10.8. The smallest absolute Gasteiger partial charge is 0.297 e.